The molecule has 0 bridgehead atoms. The van der Waals surface area contributed by atoms with Crippen molar-refractivity contribution in [2.45, 2.75) is 18.0 Å². The molecule has 4 nitrogen and oxygen atoms in total. The highest BCUT2D eigenvalue weighted by atomic mass is 32.2. The Morgan fingerprint density at radius 2 is 1.86 bits per heavy atom. The topological polar surface area (TPSA) is 57.6 Å². The van der Waals surface area contributed by atoms with Gasteiger partial charge in [-0.25, -0.2) is 4.79 Å². The molecule has 21 heavy (non-hydrogen) atoms. The van der Waals surface area contributed by atoms with Gasteiger partial charge in [0, 0.05) is 18.6 Å². The first kappa shape index (κ1) is 17.4. The summed E-state index contributed by atoms with van der Waals surface area (Å²) in [6.45, 7) is 0. The average molecular weight is 321 g/mol. The monoisotopic (exact) mass is 321 g/mol. The van der Waals surface area contributed by atoms with Crippen molar-refractivity contribution < 1.29 is 27.9 Å². The quantitative estimate of drug-likeness (QED) is 0.874. The number of carbonyl (C=O) groups is 2. The average Bonchev–Trinajstić information content (AvgIpc) is 2.42. The van der Waals surface area contributed by atoms with Crippen LogP contribution in [0, 0.1) is 0 Å². The van der Waals surface area contributed by atoms with E-state index in [1.165, 1.54) is 0 Å². The van der Waals surface area contributed by atoms with Gasteiger partial charge >= 0.3 is 18.1 Å². The van der Waals surface area contributed by atoms with Crippen LogP contribution in [0.25, 0.3) is 0 Å². The van der Waals surface area contributed by atoms with Gasteiger partial charge in [0.2, 0.25) is 0 Å². The molecule has 1 amide bonds. The van der Waals surface area contributed by atoms with Crippen molar-refractivity contribution in [3.63, 3.8) is 0 Å². The van der Waals surface area contributed by atoms with Crippen LogP contribution in [0.4, 0.5) is 13.2 Å². The second kappa shape index (κ2) is 7.35. The Bertz CT molecular complexity index is 493. The zero-order valence-corrected chi connectivity index (χ0v) is 11.9. The summed E-state index contributed by atoms with van der Waals surface area (Å²) in [7, 11) is 0.845. The fourth-order valence-corrected chi connectivity index (χ4v) is 2.69. The van der Waals surface area contributed by atoms with Crippen molar-refractivity contribution in [3.05, 3.63) is 35.9 Å². The number of hydrogen-bond donors (Lipinski definition) is 1. The number of thioether (sulfide) groups is 1. The number of carbonyl (C=O) groups excluding carboxylic acids is 1. The Labute approximate surface area is 123 Å². The fraction of sp³-hybridized carbons (Fsp3) is 0.385. The van der Waals surface area contributed by atoms with Gasteiger partial charge in [-0.15, -0.1) is 0 Å². The molecule has 1 unspecified atom stereocenters. The largest absolute Gasteiger partial charge is 0.480 e. The molecular formula is C13H14F3NO3S. The summed E-state index contributed by atoms with van der Waals surface area (Å²) in [6, 6.07) is 7.58. The molecule has 116 valence electrons. The lowest BCUT2D eigenvalue weighted by Gasteiger charge is -2.25. The number of amides is 1. The van der Waals surface area contributed by atoms with Gasteiger partial charge in [0.25, 0.3) is 0 Å². The molecule has 0 aromatic heterocycles. The molecule has 0 aliphatic heterocycles. The van der Waals surface area contributed by atoms with E-state index in [-0.39, 0.29) is 10.7 Å². The van der Waals surface area contributed by atoms with Crippen LogP contribution in [0.1, 0.15) is 5.56 Å². The Kier molecular flexibility index (Phi) is 6.07. The molecule has 1 N–H and O–H groups in total. The Morgan fingerprint density at radius 1 is 1.29 bits per heavy atom. The summed E-state index contributed by atoms with van der Waals surface area (Å²) in [4.78, 5) is 22.3. The summed E-state index contributed by atoms with van der Waals surface area (Å²) in [5.41, 5.74) is 0.927. The molecule has 0 aliphatic carbocycles. The fourth-order valence-electron chi connectivity index (χ4n) is 1.55. The third-order valence-corrected chi connectivity index (χ3v) is 3.79. The Morgan fingerprint density at radius 3 is 2.33 bits per heavy atom. The molecule has 0 radical (unpaired) electrons. The van der Waals surface area contributed by atoms with Gasteiger partial charge in [0.15, 0.2) is 0 Å². The minimum atomic E-state index is -5.08. The summed E-state index contributed by atoms with van der Waals surface area (Å²) in [5, 5.41) is 8.98. The minimum absolute atomic E-state index is 0.122. The molecule has 1 aromatic rings. The lowest BCUT2D eigenvalue weighted by Crippen LogP contribution is -2.49. The van der Waals surface area contributed by atoms with E-state index in [1.807, 2.05) is 30.3 Å². The molecule has 0 aliphatic rings. The van der Waals surface area contributed by atoms with E-state index in [2.05, 4.69) is 0 Å². The van der Waals surface area contributed by atoms with Crippen molar-refractivity contribution in [2.75, 3.05) is 12.8 Å². The number of rotatable bonds is 6. The maximum absolute atomic E-state index is 12.3. The van der Waals surface area contributed by atoms with Gasteiger partial charge < -0.3 is 10.0 Å². The molecular weight excluding hydrogens is 307 g/mol. The molecule has 0 fully saturated rings. The van der Waals surface area contributed by atoms with Crippen LogP contribution in [-0.4, -0.2) is 46.9 Å². The number of hydrogen-bond acceptors (Lipinski definition) is 3. The molecule has 1 atom stereocenters. The Hall–Kier alpha value is -1.70. The summed E-state index contributed by atoms with van der Waals surface area (Å²) >= 11 is 1.16. The van der Waals surface area contributed by atoms with Crippen LogP contribution in [0.15, 0.2) is 30.3 Å². The lowest BCUT2D eigenvalue weighted by atomic mass is 10.2. The van der Waals surface area contributed by atoms with E-state index < -0.39 is 24.1 Å². The first-order valence-electron chi connectivity index (χ1n) is 5.92. The normalized spacial score (nSPS) is 12.8. The number of halogens is 3. The summed E-state index contributed by atoms with van der Waals surface area (Å²) in [5.74, 6) is -3.29. The molecule has 0 spiro atoms. The second-order valence-corrected chi connectivity index (χ2v) is 5.30. The van der Waals surface area contributed by atoms with Crippen LogP contribution < -0.4 is 0 Å². The van der Waals surface area contributed by atoms with Crippen LogP contribution in [0.5, 0.6) is 0 Å². The number of alkyl halides is 3. The summed E-state index contributed by atoms with van der Waals surface area (Å²) in [6.07, 6.45) is -5.08. The van der Waals surface area contributed by atoms with Crippen molar-refractivity contribution >= 4 is 23.6 Å². The zero-order valence-electron chi connectivity index (χ0n) is 11.1. The van der Waals surface area contributed by atoms with E-state index in [0.717, 1.165) is 24.4 Å². The molecule has 8 heteroatoms. The maximum Gasteiger partial charge on any atom is 0.471 e. The van der Waals surface area contributed by atoms with E-state index >= 15 is 0 Å². The SMILES string of the molecule is CN(C(=O)C(F)(F)F)C(CSCc1ccccc1)C(=O)O. The first-order valence-corrected chi connectivity index (χ1v) is 7.07. The molecule has 1 rings (SSSR count). The van der Waals surface area contributed by atoms with Crippen LogP contribution in [0.2, 0.25) is 0 Å². The minimum Gasteiger partial charge on any atom is -0.480 e. The predicted molar refractivity (Wildman–Crippen MR) is 72.9 cm³/mol. The predicted octanol–water partition coefficient (Wildman–Crippen LogP) is 2.39. The molecule has 1 aromatic carbocycles. The van der Waals surface area contributed by atoms with Gasteiger partial charge in [-0.05, 0) is 5.56 Å². The van der Waals surface area contributed by atoms with Crippen molar-refractivity contribution in [3.8, 4) is 0 Å². The third-order valence-electron chi connectivity index (χ3n) is 2.70. The number of likely N-dealkylation sites (N-methyl/N-ethyl adjacent to an activating group) is 1. The van der Waals surface area contributed by atoms with Gasteiger partial charge in [-0.2, -0.15) is 24.9 Å². The lowest BCUT2D eigenvalue weighted by molar-refractivity contribution is -0.187. The van der Waals surface area contributed by atoms with Crippen molar-refractivity contribution in [2.24, 2.45) is 0 Å². The van der Waals surface area contributed by atoms with Crippen molar-refractivity contribution in [1.82, 2.24) is 4.90 Å². The highest BCUT2D eigenvalue weighted by Gasteiger charge is 2.44. The molecule has 0 saturated carbocycles. The van der Waals surface area contributed by atoms with E-state index in [9.17, 15) is 22.8 Å². The van der Waals surface area contributed by atoms with Crippen LogP contribution in [0.3, 0.4) is 0 Å². The van der Waals surface area contributed by atoms with E-state index in [1.54, 1.807) is 0 Å². The first-order chi connectivity index (χ1) is 9.73. The highest BCUT2D eigenvalue weighted by molar-refractivity contribution is 7.98. The standard InChI is InChI=1S/C13H14F3NO3S/c1-17(12(20)13(14,15)16)10(11(18)19)8-21-7-9-5-3-2-4-6-9/h2-6,10H,7-8H2,1H3,(H,18,19). The molecule has 0 heterocycles. The van der Waals surface area contributed by atoms with Crippen LogP contribution >= 0.6 is 11.8 Å². The molecule has 0 saturated heterocycles. The number of aliphatic carboxylic acids is 1. The second-order valence-electron chi connectivity index (χ2n) is 4.27. The maximum atomic E-state index is 12.3. The van der Waals surface area contributed by atoms with Gasteiger partial charge in [-0.3, -0.25) is 4.79 Å². The highest BCUT2D eigenvalue weighted by Crippen LogP contribution is 2.21. The zero-order chi connectivity index (χ0) is 16.0. The van der Waals surface area contributed by atoms with Crippen molar-refractivity contribution in [1.29, 1.82) is 0 Å². The Balaban J connectivity index is 2.62. The smallest absolute Gasteiger partial charge is 0.471 e. The number of nitrogens with zero attached hydrogens (tertiary/aromatic N) is 1. The number of benzene rings is 1. The van der Waals surface area contributed by atoms with E-state index in [0.29, 0.717) is 5.75 Å². The van der Waals surface area contributed by atoms with Gasteiger partial charge in [0.1, 0.15) is 6.04 Å². The number of carboxylic acid groups (broad SMARTS) is 1. The third kappa shape index (κ3) is 5.30. The number of carboxylic acids is 1. The van der Waals surface area contributed by atoms with Gasteiger partial charge in [-0.1, -0.05) is 30.3 Å². The van der Waals surface area contributed by atoms with Crippen LogP contribution in [-0.2, 0) is 15.3 Å². The van der Waals surface area contributed by atoms with E-state index in [4.69, 9.17) is 5.11 Å². The van der Waals surface area contributed by atoms with Gasteiger partial charge in [0.05, 0.1) is 0 Å². The summed E-state index contributed by atoms with van der Waals surface area (Å²) < 4.78 is 37.0.